The number of rotatable bonds is 4. The molecule has 2 saturated heterocycles. The Morgan fingerprint density at radius 3 is 2.48 bits per heavy atom. The number of quaternary nitrogens is 1. The van der Waals surface area contributed by atoms with E-state index in [1.807, 2.05) is 18.2 Å². The molecular formula is C16H19N3O4. The number of hydrogen-bond donors (Lipinski definition) is 2. The third-order valence-electron chi connectivity index (χ3n) is 4.64. The number of nitrogens with zero attached hydrogens (tertiary/aromatic N) is 1. The summed E-state index contributed by atoms with van der Waals surface area (Å²) in [4.78, 5) is 37.1. The first-order valence-corrected chi connectivity index (χ1v) is 7.72. The Morgan fingerprint density at radius 2 is 1.87 bits per heavy atom. The summed E-state index contributed by atoms with van der Waals surface area (Å²) in [6, 6.07) is 9.48. The molecule has 1 aromatic carbocycles. The number of aliphatic carboxylic acids is 1. The molecule has 2 aliphatic rings. The summed E-state index contributed by atoms with van der Waals surface area (Å²) in [5, 5.41) is 13.4. The molecule has 0 bridgehead atoms. The van der Waals surface area contributed by atoms with Gasteiger partial charge in [-0.25, -0.2) is 4.79 Å². The van der Waals surface area contributed by atoms with Gasteiger partial charge in [-0.1, -0.05) is 30.3 Å². The van der Waals surface area contributed by atoms with E-state index in [1.54, 1.807) is 0 Å². The zero-order valence-electron chi connectivity index (χ0n) is 12.7. The van der Waals surface area contributed by atoms with Crippen LogP contribution in [0.25, 0.3) is 0 Å². The topological polar surface area (TPSA) is 94.0 Å². The van der Waals surface area contributed by atoms with Gasteiger partial charge < -0.3 is 20.1 Å². The summed E-state index contributed by atoms with van der Waals surface area (Å²) < 4.78 is 0. The maximum Gasteiger partial charge on any atom is 0.325 e. The lowest BCUT2D eigenvalue weighted by atomic mass is 9.87. The standard InChI is InChI=1S/C16H19N3O4/c20-13(21)11-19-14(22)16(17-15(19)23)6-8-18(9-7-16)10-12-4-2-1-3-5-12/h1-5H,6-11H2,(H,17,23)(H,20,21). The number of piperidine rings is 1. The number of amides is 3. The molecule has 2 aliphatic heterocycles. The Balaban J connectivity index is 1.63. The van der Waals surface area contributed by atoms with E-state index in [0.717, 1.165) is 24.5 Å². The highest BCUT2D eigenvalue weighted by Crippen LogP contribution is 2.25. The fourth-order valence-corrected chi connectivity index (χ4v) is 3.38. The number of carboxylic acid groups (broad SMARTS) is 1. The molecule has 122 valence electrons. The van der Waals surface area contributed by atoms with Gasteiger partial charge in [0, 0.05) is 18.4 Å². The lowest BCUT2D eigenvalue weighted by molar-refractivity contribution is -0.919. The Labute approximate surface area is 133 Å². The number of carboxylic acids is 1. The Bertz CT molecular complexity index is 623. The molecule has 0 aromatic heterocycles. The van der Waals surface area contributed by atoms with E-state index in [1.165, 1.54) is 10.5 Å². The molecule has 0 saturated carbocycles. The number of likely N-dealkylation sites (tertiary alicyclic amines) is 1. The van der Waals surface area contributed by atoms with Gasteiger partial charge in [-0.2, -0.15) is 0 Å². The van der Waals surface area contributed by atoms with Crippen LogP contribution in [0, 0.1) is 0 Å². The predicted molar refractivity (Wildman–Crippen MR) is 78.1 cm³/mol. The molecule has 2 N–H and O–H groups in total. The normalized spacial score (nSPS) is 27.3. The van der Waals surface area contributed by atoms with E-state index >= 15 is 0 Å². The van der Waals surface area contributed by atoms with Crippen molar-refractivity contribution in [3.63, 3.8) is 0 Å². The zero-order chi connectivity index (χ0) is 16.4. The van der Waals surface area contributed by atoms with Crippen LogP contribution in [0.5, 0.6) is 0 Å². The van der Waals surface area contributed by atoms with Crippen molar-refractivity contribution in [1.82, 2.24) is 10.2 Å². The van der Waals surface area contributed by atoms with Crippen molar-refractivity contribution in [3.8, 4) is 0 Å². The molecule has 0 unspecified atom stereocenters. The molecule has 7 nitrogen and oxygen atoms in total. The largest absolute Gasteiger partial charge is 0.548 e. The molecule has 2 heterocycles. The van der Waals surface area contributed by atoms with Crippen molar-refractivity contribution in [3.05, 3.63) is 35.9 Å². The fourth-order valence-electron chi connectivity index (χ4n) is 3.38. The van der Waals surface area contributed by atoms with Crippen molar-refractivity contribution in [2.75, 3.05) is 19.6 Å². The molecule has 1 spiro atoms. The molecule has 0 atom stereocenters. The van der Waals surface area contributed by atoms with Gasteiger partial charge >= 0.3 is 6.03 Å². The number of carbonyl (C=O) groups is 3. The maximum atomic E-state index is 12.4. The smallest absolute Gasteiger partial charge is 0.325 e. The highest BCUT2D eigenvalue weighted by Gasteiger charge is 2.53. The predicted octanol–water partition coefficient (Wildman–Crippen LogP) is -2.09. The average Bonchev–Trinajstić information content (AvgIpc) is 2.75. The number of benzene rings is 1. The van der Waals surface area contributed by atoms with E-state index in [9.17, 15) is 19.5 Å². The van der Waals surface area contributed by atoms with E-state index in [4.69, 9.17) is 0 Å². The van der Waals surface area contributed by atoms with E-state index < -0.39 is 30.0 Å². The third kappa shape index (κ3) is 3.05. The molecule has 0 radical (unpaired) electrons. The fraction of sp³-hybridized carbons (Fsp3) is 0.438. The number of imide groups is 1. The first-order valence-electron chi connectivity index (χ1n) is 7.72. The van der Waals surface area contributed by atoms with Gasteiger partial charge in [0.1, 0.15) is 12.1 Å². The van der Waals surface area contributed by atoms with Gasteiger partial charge in [0.05, 0.1) is 25.6 Å². The minimum Gasteiger partial charge on any atom is -0.548 e. The summed E-state index contributed by atoms with van der Waals surface area (Å²) in [5.41, 5.74) is 0.297. The monoisotopic (exact) mass is 317 g/mol. The molecular weight excluding hydrogens is 298 g/mol. The zero-order valence-corrected chi connectivity index (χ0v) is 12.7. The van der Waals surface area contributed by atoms with Crippen LogP contribution in [0.4, 0.5) is 4.79 Å². The van der Waals surface area contributed by atoms with Crippen molar-refractivity contribution < 1.29 is 24.4 Å². The summed E-state index contributed by atoms with van der Waals surface area (Å²) in [6.45, 7) is 1.69. The first kappa shape index (κ1) is 15.5. The molecule has 0 aliphatic carbocycles. The van der Waals surface area contributed by atoms with Crippen LogP contribution in [0.15, 0.2) is 30.3 Å². The quantitative estimate of drug-likeness (QED) is 0.623. The molecule has 3 amide bonds. The van der Waals surface area contributed by atoms with Gasteiger partial charge in [0.25, 0.3) is 5.91 Å². The second-order valence-corrected chi connectivity index (χ2v) is 6.19. The highest BCUT2D eigenvalue weighted by molar-refractivity contribution is 6.08. The summed E-state index contributed by atoms with van der Waals surface area (Å²) >= 11 is 0. The number of carbonyl (C=O) groups excluding carboxylic acids is 3. The lowest BCUT2D eigenvalue weighted by Gasteiger charge is -2.35. The summed E-state index contributed by atoms with van der Waals surface area (Å²) in [7, 11) is 0. The Hall–Kier alpha value is -2.41. The van der Waals surface area contributed by atoms with E-state index in [-0.39, 0.29) is 0 Å². The second-order valence-electron chi connectivity index (χ2n) is 6.19. The Morgan fingerprint density at radius 1 is 1.22 bits per heavy atom. The molecule has 23 heavy (non-hydrogen) atoms. The van der Waals surface area contributed by atoms with Gasteiger partial charge in [0.15, 0.2) is 0 Å². The molecule has 3 rings (SSSR count). The second kappa shape index (κ2) is 6.00. The molecule has 1 aromatic rings. The number of hydrogen-bond acceptors (Lipinski definition) is 4. The van der Waals surface area contributed by atoms with Crippen LogP contribution in [0.1, 0.15) is 18.4 Å². The first-order chi connectivity index (χ1) is 11.0. The van der Waals surface area contributed by atoms with Gasteiger partial charge in [-0.3, -0.25) is 9.69 Å². The van der Waals surface area contributed by atoms with E-state index in [0.29, 0.717) is 12.8 Å². The van der Waals surface area contributed by atoms with Crippen LogP contribution in [-0.2, 0) is 16.1 Å². The molecule has 7 heteroatoms. The van der Waals surface area contributed by atoms with Crippen LogP contribution < -0.4 is 15.3 Å². The lowest BCUT2D eigenvalue weighted by Crippen LogP contribution is -3.12. The van der Waals surface area contributed by atoms with Crippen LogP contribution in [-0.4, -0.2) is 48.0 Å². The van der Waals surface area contributed by atoms with Crippen LogP contribution in [0.2, 0.25) is 0 Å². The average molecular weight is 317 g/mol. The number of urea groups is 1. The van der Waals surface area contributed by atoms with Crippen molar-refractivity contribution in [1.29, 1.82) is 0 Å². The third-order valence-corrected chi connectivity index (χ3v) is 4.64. The van der Waals surface area contributed by atoms with Crippen LogP contribution >= 0.6 is 0 Å². The summed E-state index contributed by atoms with van der Waals surface area (Å²) in [5.74, 6) is -1.87. The summed E-state index contributed by atoms with van der Waals surface area (Å²) in [6.07, 6.45) is 1.03. The van der Waals surface area contributed by atoms with E-state index in [2.05, 4.69) is 17.4 Å². The van der Waals surface area contributed by atoms with Crippen molar-refractivity contribution in [2.45, 2.75) is 24.9 Å². The SMILES string of the molecule is O=C([O-])CN1C(=O)NC2(CC[NH+](Cc3ccccc3)CC2)C1=O. The van der Waals surface area contributed by atoms with Gasteiger partial charge in [0.2, 0.25) is 0 Å². The van der Waals surface area contributed by atoms with Gasteiger partial charge in [-0.05, 0) is 0 Å². The van der Waals surface area contributed by atoms with Crippen LogP contribution in [0.3, 0.4) is 0 Å². The minimum atomic E-state index is -1.43. The Kier molecular flexibility index (Phi) is 4.04. The highest BCUT2D eigenvalue weighted by atomic mass is 16.4. The van der Waals surface area contributed by atoms with Crippen molar-refractivity contribution in [2.24, 2.45) is 0 Å². The number of nitrogens with one attached hydrogen (secondary N) is 2. The minimum absolute atomic E-state index is 0.439. The maximum absolute atomic E-state index is 12.4. The van der Waals surface area contributed by atoms with Crippen molar-refractivity contribution >= 4 is 17.9 Å². The van der Waals surface area contributed by atoms with Gasteiger partial charge in [-0.15, -0.1) is 0 Å². The molecule has 2 fully saturated rings.